The highest BCUT2D eigenvalue weighted by Crippen LogP contribution is 2.34. The highest BCUT2D eigenvalue weighted by molar-refractivity contribution is 6.02. The number of rotatable bonds is 3. The Balaban J connectivity index is 1.72. The number of fused-ring (bicyclic) bond motifs is 1. The van der Waals surface area contributed by atoms with E-state index in [9.17, 15) is 9.59 Å². The number of pyridine rings is 1. The third-order valence-electron chi connectivity index (χ3n) is 3.49. The molecular formula is C17H16N4O3. The van der Waals surface area contributed by atoms with Crippen LogP contribution in [0.3, 0.4) is 0 Å². The first kappa shape index (κ1) is 15.7. The second kappa shape index (κ2) is 6.11. The van der Waals surface area contributed by atoms with Crippen LogP contribution in [0.4, 0.5) is 5.69 Å². The van der Waals surface area contributed by atoms with Crippen molar-refractivity contribution in [2.24, 2.45) is 5.10 Å². The molecule has 0 saturated carbocycles. The van der Waals surface area contributed by atoms with E-state index in [1.165, 1.54) is 6.21 Å². The molecule has 0 aliphatic carbocycles. The highest BCUT2D eigenvalue weighted by Gasteiger charge is 2.35. The predicted molar refractivity (Wildman–Crippen MR) is 89.1 cm³/mol. The molecule has 0 saturated heterocycles. The summed E-state index contributed by atoms with van der Waals surface area (Å²) in [6.45, 7) is 3.36. The van der Waals surface area contributed by atoms with Crippen molar-refractivity contribution in [1.29, 1.82) is 0 Å². The maximum Gasteiger partial charge on any atom is 0.271 e. The molecule has 7 nitrogen and oxygen atoms in total. The van der Waals surface area contributed by atoms with Crippen LogP contribution in [-0.2, 0) is 4.79 Å². The molecule has 3 rings (SSSR count). The Kier molecular flexibility index (Phi) is 3.99. The van der Waals surface area contributed by atoms with E-state index in [0.717, 1.165) is 5.56 Å². The highest BCUT2D eigenvalue weighted by atomic mass is 16.5. The quantitative estimate of drug-likeness (QED) is 0.667. The fourth-order valence-electron chi connectivity index (χ4n) is 2.13. The van der Waals surface area contributed by atoms with E-state index < -0.39 is 5.60 Å². The number of nitrogens with one attached hydrogen (secondary N) is 2. The summed E-state index contributed by atoms with van der Waals surface area (Å²) in [4.78, 5) is 28.0. The van der Waals surface area contributed by atoms with Crippen molar-refractivity contribution in [2.45, 2.75) is 19.4 Å². The van der Waals surface area contributed by atoms with Crippen LogP contribution in [0, 0.1) is 0 Å². The van der Waals surface area contributed by atoms with Gasteiger partial charge in [-0.2, -0.15) is 5.10 Å². The summed E-state index contributed by atoms with van der Waals surface area (Å²) in [5, 5.41) is 6.64. The first-order chi connectivity index (χ1) is 11.5. The van der Waals surface area contributed by atoms with E-state index in [2.05, 4.69) is 20.8 Å². The summed E-state index contributed by atoms with van der Waals surface area (Å²) in [6, 6.07) is 8.35. The molecule has 2 aromatic rings. The van der Waals surface area contributed by atoms with Crippen LogP contribution in [0.15, 0.2) is 47.8 Å². The number of carbonyl (C=O) groups is 2. The molecular weight excluding hydrogens is 308 g/mol. The molecule has 0 spiro atoms. The zero-order valence-corrected chi connectivity index (χ0v) is 13.2. The number of anilines is 1. The average Bonchev–Trinajstić information content (AvgIpc) is 2.56. The van der Waals surface area contributed by atoms with Crippen molar-refractivity contribution >= 4 is 23.7 Å². The summed E-state index contributed by atoms with van der Waals surface area (Å²) in [6.07, 6.45) is 4.79. The first-order valence-electron chi connectivity index (χ1n) is 7.34. The van der Waals surface area contributed by atoms with Crippen molar-refractivity contribution in [2.75, 3.05) is 5.32 Å². The number of hydrazone groups is 1. The summed E-state index contributed by atoms with van der Waals surface area (Å²) in [5.41, 5.74) is 3.15. The number of carbonyl (C=O) groups excluding carboxylic acids is 2. The Morgan fingerprint density at radius 2 is 2.04 bits per heavy atom. The van der Waals surface area contributed by atoms with Gasteiger partial charge in [-0.05, 0) is 49.7 Å². The third-order valence-corrected chi connectivity index (χ3v) is 3.49. The Labute approximate surface area is 138 Å². The summed E-state index contributed by atoms with van der Waals surface area (Å²) >= 11 is 0. The number of amides is 2. The van der Waals surface area contributed by atoms with E-state index in [0.29, 0.717) is 17.0 Å². The Hall–Kier alpha value is -3.22. The Morgan fingerprint density at radius 3 is 2.79 bits per heavy atom. The number of ether oxygens (including phenoxy) is 1. The normalized spacial score (nSPS) is 15.3. The van der Waals surface area contributed by atoms with Crippen LogP contribution < -0.4 is 15.5 Å². The minimum Gasteiger partial charge on any atom is -0.476 e. The maximum atomic E-state index is 12.1. The number of nitrogens with zero attached hydrogens (tertiary/aromatic N) is 2. The van der Waals surface area contributed by atoms with Crippen LogP contribution in [0.25, 0.3) is 0 Å². The van der Waals surface area contributed by atoms with Gasteiger partial charge in [-0.3, -0.25) is 14.6 Å². The van der Waals surface area contributed by atoms with Crippen molar-refractivity contribution in [3.8, 4) is 5.75 Å². The summed E-state index contributed by atoms with van der Waals surface area (Å²) in [5.74, 6) is -0.123. The minimum absolute atomic E-state index is 0.261. The van der Waals surface area contributed by atoms with E-state index in [1.54, 1.807) is 56.6 Å². The van der Waals surface area contributed by atoms with Gasteiger partial charge in [0.15, 0.2) is 5.60 Å². The van der Waals surface area contributed by atoms with Gasteiger partial charge in [0.25, 0.3) is 11.8 Å². The lowest BCUT2D eigenvalue weighted by atomic mass is 10.0. The van der Waals surface area contributed by atoms with E-state index in [4.69, 9.17) is 4.74 Å². The molecule has 2 amide bonds. The second-order valence-corrected chi connectivity index (χ2v) is 5.76. The lowest BCUT2D eigenvalue weighted by molar-refractivity contribution is -0.129. The van der Waals surface area contributed by atoms with Crippen molar-refractivity contribution in [3.05, 3.63) is 53.9 Å². The molecule has 0 fully saturated rings. The van der Waals surface area contributed by atoms with Crippen LogP contribution in [0.2, 0.25) is 0 Å². The standard InChI is InChI=1S/C17H16N4O3/c1-17(2)16(23)20-13-9-12(3-4-14(13)24-17)15(22)21-19-10-11-5-7-18-8-6-11/h3-10H,1-2H3,(H,20,23)(H,21,22). The average molecular weight is 324 g/mol. The monoisotopic (exact) mass is 324 g/mol. The molecule has 0 unspecified atom stereocenters. The van der Waals surface area contributed by atoms with Gasteiger partial charge < -0.3 is 10.1 Å². The van der Waals surface area contributed by atoms with Crippen molar-refractivity contribution in [1.82, 2.24) is 10.4 Å². The number of hydrogen-bond acceptors (Lipinski definition) is 5. The fraction of sp³-hybridized carbons (Fsp3) is 0.176. The van der Waals surface area contributed by atoms with E-state index in [-0.39, 0.29) is 11.8 Å². The van der Waals surface area contributed by atoms with E-state index in [1.807, 2.05) is 0 Å². The molecule has 1 aromatic carbocycles. The van der Waals surface area contributed by atoms with Crippen LogP contribution >= 0.6 is 0 Å². The molecule has 7 heteroatoms. The zero-order chi connectivity index (χ0) is 17.2. The molecule has 1 aliphatic rings. The summed E-state index contributed by atoms with van der Waals surface area (Å²) in [7, 11) is 0. The molecule has 0 bridgehead atoms. The minimum atomic E-state index is -0.939. The van der Waals surface area contributed by atoms with E-state index >= 15 is 0 Å². The van der Waals surface area contributed by atoms with Gasteiger partial charge in [-0.1, -0.05) is 0 Å². The van der Waals surface area contributed by atoms with Gasteiger partial charge in [0.05, 0.1) is 11.9 Å². The van der Waals surface area contributed by atoms with Crippen LogP contribution in [0.1, 0.15) is 29.8 Å². The fourth-order valence-corrected chi connectivity index (χ4v) is 2.13. The largest absolute Gasteiger partial charge is 0.476 e. The van der Waals surface area contributed by atoms with Crippen LogP contribution in [-0.4, -0.2) is 28.6 Å². The SMILES string of the molecule is CC1(C)Oc2ccc(C(=O)NN=Cc3ccncc3)cc2NC1=O. The van der Waals surface area contributed by atoms with Gasteiger partial charge in [-0.25, -0.2) is 5.43 Å². The van der Waals surface area contributed by atoms with Gasteiger partial charge >= 0.3 is 0 Å². The number of aromatic nitrogens is 1. The topological polar surface area (TPSA) is 92.7 Å². The Morgan fingerprint density at radius 1 is 1.29 bits per heavy atom. The molecule has 24 heavy (non-hydrogen) atoms. The predicted octanol–water partition coefficient (Wildman–Crippen LogP) is 1.95. The molecule has 0 atom stereocenters. The van der Waals surface area contributed by atoms with Gasteiger partial charge in [0.1, 0.15) is 5.75 Å². The molecule has 0 radical (unpaired) electrons. The molecule has 1 aliphatic heterocycles. The van der Waals surface area contributed by atoms with Gasteiger partial charge in [0, 0.05) is 18.0 Å². The lowest BCUT2D eigenvalue weighted by Gasteiger charge is -2.31. The van der Waals surface area contributed by atoms with Gasteiger partial charge in [-0.15, -0.1) is 0 Å². The van der Waals surface area contributed by atoms with Crippen molar-refractivity contribution < 1.29 is 14.3 Å². The molecule has 122 valence electrons. The molecule has 1 aromatic heterocycles. The molecule has 2 heterocycles. The van der Waals surface area contributed by atoms with Gasteiger partial charge in [0.2, 0.25) is 0 Å². The smallest absolute Gasteiger partial charge is 0.271 e. The molecule has 2 N–H and O–H groups in total. The third kappa shape index (κ3) is 3.24. The number of benzene rings is 1. The number of hydrogen-bond donors (Lipinski definition) is 2. The zero-order valence-electron chi connectivity index (χ0n) is 13.2. The second-order valence-electron chi connectivity index (χ2n) is 5.76. The first-order valence-corrected chi connectivity index (χ1v) is 7.34. The lowest BCUT2D eigenvalue weighted by Crippen LogP contribution is -2.45. The van der Waals surface area contributed by atoms with Crippen molar-refractivity contribution in [3.63, 3.8) is 0 Å². The maximum absolute atomic E-state index is 12.1. The Bertz CT molecular complexity index is 816. The summed E-state index contributed by atoms with van der Waals surface area (Å²) < 4.78 is 5.63. The van der Waals surface area contributed by atoms with Crippen LogP contribution in [0.5, 0.6) is 5.75 Å².